The fourth-order valence-corrected chi connectivity index (χ4v) is 2.11. The van der Waals surface area contributed by atoms with Gasteiger partial charge in [0.1, 0.15) is 0 Å². The average molecular weight is 261 g/mol. The molecule has 4 nitrogen and oxygen atoms in total. The minimum Gasteiger partial charge on any atom is -0.465 e. The number of carbonyl (C=O) groups excluding carboxylic acids is 1. The van der Waals surface area contributed by atoms with Crippen molar-refractivity contribution < 1.29 is 14.3 Å². The molecule has 1 aliphatic heterocycles. The molecule has 0 N–H and O–H groups in total. The molecule has 0 aromatic carbocycles. The van der Waals surface area contributed by atoms with E-state index in [4.69, 9.17) is 9.47 Å². The van der Waals surface area contributed by atoms with Gasteiger partial charge in [0, 0.05) is 29.9 Å². The smallest absolute Gasteiger partial charge is 0.338 e. The van der Waals surface area contributed by atoms with Crippen LogP contribution in [0.25, 0.3) is 12.2 Å². The highest BCUT2D eigenvalue weighted by molar-refractivity contribution is 6.13. The Morgan fingerprint density at radius 3 is 2.95 bits per heavy atom. The molecule has 1 fully saturated rings. The third kappa shape index (κ3) is 2.79. The van der Waals surface area contributed by atoms with Gasteiger partial charge in [-0.25, -0.2) is 4.79 Å². The predicted octanol–water partition coefficient (Wildman–Crippen LogP) is 0.587. The van der Waals surface area contributed by atoms with Crippen molar-refractivity contribution in [3.63, 3.8) is 0 Å². The lowest BCUT2D eigenvalue weighted by Gasteiger charge is -2.26. The SMILES string of the molecule is C=c1/c(=C(\C=C/C)C(=O)OC)ccn1CC1CCO1. The van der Waals surface area contributed by atoms with Crippen LogP contribution in [0.1, 0.15) is 13.3 Å². The lowest BCUT2D eigenvalue weighted by Crippen LogP contribution is -2.37. The summed E-state index contributed by atoms with van der Waals surface area (Å²) in [6.07, 6.45) is 6.85. The molecular formula is C15H19NO3. The zero-order valence-corrected chi connectivity index (χ0v) is 11.4. The van der Waals surface area contributed by atoms with Crippen molar-refractivity contribution in [1.82, 2.24) is 4.57 Å². The van der Waals surface area contributed by atoms with Crippen LogP contribution in [0.15, 0.2) is 24.4 Å². The molecule has 19 heavy (non-hydrogen) atoms. The van der Waals surface area contributed by atoms with Crippen LogP contribution in [0.4, 0.5) is 0 Å². The number of ether oxygens (including phenoxy) is 2. The van der Waals surface area contributed by atoms with Crippen molar-refractivity contribution >= 4 is 18.1 Å². The summed E-state index contributed by atoms with van der Waals surface area (Å²) in [7, 11) is 1.38. The Bertz CT molecular complexity index is 593. The highest BCUT2D eigenvalue weighted by Gasteiger charge is 2.18. The molecule has 102 valence electrons. The molecule has 1 atom stereocenters. The van der Waals surface area contributed by atoms with Crippen LogP contribution in [0.2, 0.25) is 0 Å². The lowest BCUT2D eigenvalue weighted by atomic mass is 10.2. The summed E-state index contributed by atoms with van der Waals surface area (Å²) in [5.41, 5.74) is 0.531. The van der Waals surface area contributed by atoms with Crippen molar-refractivity contribution in [2.45, 2.75) is 26.0 Å². The first-order chi connectivity index (χ1) is 9.17. The van der Waals surface area contributed by atoms with Crippen molar-refractivity contribution in [2.24, 2.45) is 0 Å². The van der Waals surface area contributed by atoms with Crippen molar-refractivity contribution in [3.05, 3.63) is 35.0 Å². The molecule has 4 heteroatoms. The van der Waals surface area contributed by atoms with Gasteiger partial charge in [-0.1, -0.05) is 18.7 Å². The van der Waals surface area contributed by atoms with Crippen LogP contribution in [-0.4, -0.2) is 30.4 Å². The van der Waals surface area contributed by atoms with E-state index in [9.17, 15) is 4.79 Å². The topological polar surface area (TPSA) is 40.5 Å². The van der Waals surface area contributed by atoms with Gasteiger partial charge >= 0.3 is 5.97 Å². The quantitative estimate of drug-likeness (QED) is 0.745. The summed E-state index contributed by atoms with van der Waals surface area (Å²) in [6.45, 7) is 7.54. The second-order valence-corrected chi connectivity index (χ2v) is 4.52. The first-order valence-electron chi connectivity index (χ1n) is 6.38. The fourth-order valence-electron chi connectivity index (χ4n) is 2.11. The van der Waals surface area contributed by atoms with Crippen LogP contribution in [0, 0.1) is 0 Å². The second kappa shape index (κ2) is 5.89. The molecule has 0 bridgehead atoms. The molecule has 1 unspecified atom stereocenters. The first-order valence-corrected chi connectivity index (χ1v) is 6.38. The average Bonchev–Trinajstić information content (AvgIpc) is 2.71. The van der Waals surface area contributed by atoms with E-state index in [0.717, 1.165) is 30.1 Å². The molecule has 2 heterocycles. The van der Waals surface area contributed by atoms with E-state index in [1.807, 2.05) is 29.8 Å². The Morgan fingerprint density at radius 2 is 2.42 bits per heavy atom. The maximum atomic E-state index is 11.8. The summed E-state index contributed by atoms with van der Waals surface area (Å²) >= 11 is 0. The fraction of sp³-hybridized carbons (Fsp3) is 0.400. The van der Waals surface area contributed by atoms with Crippen LogP contribution in [0.5, 0.6) is 0 Å². The zero-order chi connectivity index (χ0) is 13.8. The van der Waals surface area contributed by atoms with Crippen LogP contribution in [0.3, 0.4) is 0 Å². The largest absolute Gasteiger partial charge is 0.465 e. The Labute approximate surface area is 112 Å². The summed E-state index contributed by atoms with van der Waals surface area (Å²) in [5, 5.41) is 1.62. The Morgan fingerprint density at radius 1 is 1.68 bits per heavy atom. The molecule has 1 aliphatic rings. The molecule has 1 saturated heterocycles. The molecule has 0 amide bonds. The second-order valence-electron chi connectivity index (χ2n) is 4.52. The number of nitrogens with zero attached hydrogens (tertiary/aromatic N) is 1. The van der Waals surface area contributed by atoms with Crippen LogP contribution < -0.4 is 10.6 Å². The van der Waals surface area contributed by atoms with E-state index >= 15 is 0 Å². The number of hydrogen-bond donors (Lipinski definition) is 0. The monoisotopic (exact) mass is 261 g/mol. The van der Waals surface area contributed by atoms with Gasteiger partial charge in [0.2, 0.25) is 0 Å². The minimum atomic E-state index is -0.347. The molecular weight excluding hydrogens is 242 g/mol. The molecule has 0 spiro atoms. The predicted molar refractivity (Wildman–Crippen MR) is 73.8 cm³/mol. The van der Waals surface area contributed by atoms with E-state index in [2.05, 4.69) is 6.58 Å². The number of carbonyl (C=O) groups is 1. The highest BCUT2D eigenvalue weighted by Crippen LogP contribution is 2.11. The number of rotatable bonds is 4. The zero-order valence-electron chi connectivity index (χ0n) is 11.4. The third-order valence-electron chi connectivity index (χ3n) is 3.30. The first kappa shape index (κ1) is 13.6. The maximum absolute atomic E-state index is 11.8. The Balaban J connectivity index is 2.42. The molecule has 0 radical (unpaired) electrons. The van der Waals surface area contributed by atoms with E-state index < -0.39 is 0 Å². The summed E-state index contributed by atoms with van der Waals surface area (Å²) in [4.78, 5) is 11.8. The van der Waals surface area contributed by atoms with Gasteiger partial charge in [0.15, 0.2) is 0 Å². The number of allylic oxidation sites excluding steroid dienone is 1. The van der Waals surface area contributed by atoms with Gasteiger partial charge < -0.3 is 14.0 Å². The molecule has 0 saturated carbocycles. The number of aromatic nitrogens is 1. The lowest BCUT2D eigenvalue weighted by molar-refractivity contribution is -0.133. The van der Waals surface area contributed by atoms with Gasteiger partial charge in [-0.05, 0) is 19.4 Å². The molecule has 1 aromatic heterocycles. The molecule has 2 rings (SSSR count). The Kier molecular flexibility index (Phi) is 4.22. The summed E-state index contributed by atoms with van der Waals surface area (Å²) in [6, 6.07) is 1.90. The minimum absolute atomic E-state index is 0.268. The summed E-state index contributed by atoms with van der Waals surface area (Å²) < 4.78 is 12.2. The third-order valence-corrected chi connectivity index (χ3v) is 3.30. The number of hydrogen-bond acceptors (Lipinski definition) is 3. The van der Waals surface area contributed by atoms with E-state index in [1.165, 1.54) is 7.11 Å². The summed E-state index contributed by atoms with van der Waals surface area (Å²) in [5.74, 6) is -0.347. The molecule has 0 aliphatic carbocycles. The molecule has 1 aromatic rings. The van der Waals surface area contributed by atoms with Crippen molar-refractivity contribution in [3.8, 4) is 0 Å². The normalized spacial score (nSPS) is 20.2. The standard InChI is InChI=1S/C15H19NO3/c1-4-5-14(15(17)18-3)13-6-8-16(11(13)2)10-12-7-9-19-12/h4-6,8,12H,2,7,9-10H2,1,3H3/b5-4-,14-13+. The van der Waals surface area contributed by atoms with E-state index in [-0.39, 0.29) is 12.1 Å². The van der Waals surface area contributed by atoms with Crippen LogP contribution >= 0.6 is 0 Å². The van der Waals surface area contributed by atoms with E-state index in [0.29, 0.717) is 5.57 Å². The van der Waals surface area contributed by atoms with Gasteiger partial charge in [-0.2, -0.15) is 0 Å². The van der Waals surface area contributed by atoms with Gasteiger partial charge in [0.05, 0.1) is 18.8 Å². The van der Waals surface area contributed by atoms with Crippen molar-refractivity contribution in [1.29, 1.82) is 0 Å². The van der Waals surface area contributed by atoms with E-state index in [1.54, 1.807) is 6.08 Å². The van der Waals surface area contributed by atoms with Crippen LogP contribution in [-0.2, 0) is 20.8 Å². The van der Waals surface area contributed by atoms with Gasteiger partial charge in [0.25, 0.3) is 0 Å². The Hall–Kier alpha value is -1.81. The van der Waals surface area contributed by atoms with Crippen molar-refractivity contribution in [2.75, 3.05) is 13.7 Å². The van der Waals surface area contributed by atoms with Gasteiger partial charge in [-0.3, -0.25) is 0 Å². The van der Waals surface area contributed by atoms with Gasteiger partial charge in [-0.15, -0.1) is 0 Å². The maximum Gasteiger partial charge on any atom is 0.338 e. The highest BCUT2D eigenvalue weighted by atomic mass is 16.5. The number of esters is 1. The number of methoxy groups -OCH3 is 1.